The Kier molecular flexibility index (Phi) is 4.88. The molecule has 4 nitrogen and oxygen atoms in total. The molecule has 0 spiro atoms. The molecule has 0 aliphatic rings. The summed E-state index contributed by atoms with van der Waals surface area (Å²) in [6.45, 7) is 3.66. The maximum absolute atomic E-state index is 11.4. The molecule has 0 rings (SSSR count). The number of sulfone groups is 1. The average molecular weight is 210 g/mol. The third-order valence-electron chi connectivity index (χ3n) is 1.88. The van der Waals surface area contributed by atoms with Crippen LogP contribution < -0.4 is 0 Å². The summed E-state index contributed by atoms with van der Waals surface area (Å²) in [5.74, 6) is -0.0279. The smallest absolute Gasteiger partial charge is 0.173 e. The van der Waals surface area contributed by atoms with Crippen molar-refractivity contribution in [2.45, 2.75) is 25.4 Å². The fraction of sp³-hybridized carbons (Fsp3) is 1.00. The zero-order chi connectivity index (χ0) is 10.6. The Hall–Kier alpha value is -0.130. The molecular formula is C8H18O4S. The van der Waals surface area contributed by atoms with E-state index >= 15 is 0 Å². The fourth-order valence-corrected chi connectivity index (χ4v) is 2.99. The average Bonchev–Trinajstić information content (AvgIpc) is 1.96. The summed E-state index contributed by atoms with van der Waals surface area (Å²) in [4.78, 5) is 0. The topological polar surface area (TPSA) is 52.6 Å². The van der Waals surface area contributed by atoms with Crippen molar-refractivity contribution in [1.29, 1.82) is 0 Å². The van der Waals surface area contributed by atoms with E-state index < -0.39 is 21.4 Å². The van der Waals surface area contributed by atoms with Gasteiger partial charge in [-0.2, -0.15) is 0 Å². The van der Waals surface area contributed by atoms with E-state index in [0.717, 1.165) is 0 Å². The Bertz CT molecular complexity index is 229. The highest BCUT2D eigenvalue weighted by molar-refractivity contribution is 7.91. The third kappa shape index (κ3) is 3.62. The molecule has 0 heterocycles. The van der Waals surface area contributed by atoms with E-state index in [1.165, 1.54) is 20.5 Å². The molecule has 0 fully saturated rings. The molecule has 0 saturated heterocycles. The van der Waals surface area contributed by atoms with Crippen LogP contribution in [0.5, 0.6) is 0 Å². The van der Waals surface area contributed by atoms with Crippen LogP contribution in [-0.2, 0) is 19.3 Å². The first kappa shape index (κ1) is 12.9. The van der Waals surface area contributed by atoms with Crippen molar-refractivity contribution < 1.29 is 17.9 Å². The van der Waals surface area contributed by atoms with Crippen molar-refractivity contribution in [2.24, 2.45) is 5.92 Å². The first-order valence-corrected chi connectivity index (χ1v) is 6.04. The minimum Gasteiger partial charge on any atom is -0.355 e. The lowest BCUT2D eigenvalue weighted by Gasteiger charge is -2.25. The van der Waals surface area contributed by atoms with Crippen LogP contribution >= 0.6 is 0 Å². The first-order chi connectivity index (χ1) is 5.84. The van der Waals surface area contributed by atoms with Gasteiger partial charge in [-0.1, -0.05) is 13.8 Å². The highest BCUT2D eigenvalue weighted by atomic mass is 32.2. The molecule has 0 amide bonds. The van der Waals surface area contributed by atoms with Crippen molar-refractivity contribution in [3.63, 3.8) is 0 Å². The van der Waals surface area contributed by atoms with Crippen LogP contribution in [0.2, 0.25) is 0 Å². The van der Waals surface area contributed by atoms with E-state index in [1.807, 2.05) is 13.8 Å². The highest BCUT2D eigenvalue weighted by Gasteiger charge is 2.33. The fourth-order valence-electron chi connectivity index (χ4n) is 1.37. The van der Waals surface area contributed by atoms with Gasteiger partial charge in [-0.25, -0.2) is 8.42 Å². The standard InChI is InChI=1S/C8H18O4S/c1-6(2)7(13(5,9)10)8(11-3)12-4/h6-8H,1-5H3. The Labute approximate surface area is 80.1 Å². The minimum atomic E-state index is -3.14. The van der Waals surface area contributed by atoms with Crippen molar-refractivity contribution in [2.75, 3.05) is 20.5 Å². The second-order valence-electron chi connectivity index (χ2n) is 3.38. The number of hydrogen-bond acceptors (Lipinski definition) is 4. The van der Waals surface area contributed by atoms with Crippen LogP contribution in [0.25, 0.3) is 0 Å². The molecule has 0 aromatic carbocycles. The molecule has 1 atom stereocenters. The number of methoxy groups -OCH3 is 2. The SMILES string of the molecule is COC(OC)C(C(C)C)S(C)(=O)=O. The zero-order valence-electron chi connectivity index (χ0n) is 8.77. The Morgan fingerprint density at radius 1 is 1.08 bits per heavy atom. The number of hydrogen-bond donors (Lipinski definition) is 0. The first-order valence-electron chi connectivity index (χ1n) is 4.09. The Balaban J connectivity index is 4.81. The molecule has 0 aliphatic heterocycles. The van der Waals surface area contributed by atoms with Crippen LogP contribution in [0.15, 0.2) is 0 Å². The lowest BCUT2D eigenvalue weighted by Crippen LogP contribution is -2.40. The molecule has 0 bridgehead atoms. The van der Waals surface area contributed by atoms with Gasteiger partial charge in [-0.3, -0.25) is 0 Å². The predicted molar refractivity (Wildman–Crippen MR) is 51.3 cm³/mol. The maximum atomic E-state index is 11.4. The van der Waals surface area contributed by atoms with Gasteiger partial charge in [0.05, 0.1) is 0 Å². The molecule has 0 aliphatic carbocycles. The summed E-state index contributed by atoms with van der Waals surface area (Å²) in [6.07, 6.45) is 0.512. The maximum Gasteiger partial charge on any atom is 0.173 e. The largest absolute Gasteiger partial charge is 0.355 e. The Morgan fingerprint density at radius 3 is 1.54 bits per heavy atom. The molecule has 13 heavy (non-hydrogen) atoms. The normalized spacial score (nSPS) is 15.3. The lowest BCUT2D eigenvalue weighted by atomic mass is 10.1. The molecule has 1 unspecified atom stereocenters. The highest BCUT2D eigenvalue weighted by Crippen LogP contribution is 2.18. The van der Waals surface area contributed by atoms with E-state index in [1.54, 1.807) is 0 Å². The van der Waals surface area contributed by atoms with E-state index in [4.69, 9.17) is 9.47 Å². The molecule has 0 radical (unpaired) electrons. The van der Waals surface area contributed by atoms with Crippen molar-refractivity contribution in [1.82, 2.24) is 0 Å². The molecule has 0 aromatic rings. The van der Waals surface area contributed by atoms with Crippen molar-refractivity contribution >= 4 is 9.84 Å². The molecule has 5 heteroatoms. The van der Waals surface area contributed by atoms with Crippen LogP contribution in [0.3, 0.4) is 0 Å². The van der Waals surface area contributed by atoms with Gasteiger partial charge in [0, 0.05) is 20.5 Å². The van der Waals surface area contributed by atoms with Crippen LogP contribution in [0.1, 0.15) is 13.8 Å². The van der Waals surface area contributed by atoms with Crippen LogP contribution in [0.4, 0.5) is 0 Å². The zero-order valence-corrected chi connectivity index (χ0v) is 9.59. The summed E-state index contributed by atoms with van der Waals surface area (Å²) in [6, 6.07) is 0. The summed E-state index contributed by atoms with van der Waals surface area (Å²) < 4.78 is 32.6. The summed E-state index contributed by atoms with van der Waals surface area (Å²) in [5, 5.41) is -0.609. The number of ether oxygens (including phenoxy) is 2. The Morgan fingerprint density at radius 2 is 1.46 bits per heavy atom. The van der Waals surface area contributed by atoms with Crippen LogP contribution in [-0.4, -0.2) is 40.4 Å². The summed E-state index contributed by atoms with van der Waals surface area (Å²) in [5.41, 5.74) is 0. The van der Waals surface area contributed by atoms with E-state index in [-0.39, 0.29) is 5.92 Å². The molecule has 80 valence electrons. The van der Waals surface area contributed by atoms with Gasteiger partial charge in [0.2, 0.25) is 0 Å². The molecule has 0 aromatic heterocycles. The van der Waals surface area contributed by atoms with E-state index in [9.17, 15) is 8.42 Å². The molecular weight excluding hydrogens is 192 g/mol. The summed E-state index contributed by atoms with van der Waals surface area (Å²) in [7, 11) is -0.259. The van der Waals surface area contributed by atoms with Gasteiger partial charge in [-0.05, 0) is 5.92 Å². The molecule has 0 N–H and O–H groups in total. The van der Waals surface area contributed by atoms with Gasteiger partial charge >= 0.3 is 0 Å². The molecule has 0 saturated carbocycles. The second kappa shape index (κ2) is 4.93. The van der Waals surface area contributed by atoms with Crippen molar-refractivity contribution in [3.05, 3.63) is 0 Å². The van der Waals surface area contributed by atoms with E-state index in [2.05, 4.69) is 0 Å². The second-order valence-corrected chi connectivity index (χ2v) is 5.58. The van der Waals surface area contributed by atoms with Gasteiger partial charge in [0.25, 0.3) is 0 Å². The quantitative estimate of drug-likeness (QED) is 0.626. The number of rotatable bonds is 5. The van der Waals surface area contributed by atoms with Gasteiger partial charge < -0.3 is 9.47 Å². The van der Waals surface area contributed by atoms with Crippen molar-refractivity contribution in [3.8, 4) is 0 Å². The lowest BCUT2D eigenvalue weighted by molar-refractivity contribution is -0.108. The van der Waals surface area contributed by atoms with E-state index in [0.29, 0.717) is 0 Å². The third-order valence-corrected chi connectivity index (χ3v) is 3.64. The van der Waals surface area contributed by atoms with Gasteiger partial charge in [0.1, 0.15) is 5.25 Å². The monoisotopic (exact) mass is 210 g/mol. The van der Waals surface area contributed by atoms with Gasteiger partial charge in [0.15, 0.2) is 16.1 Å². The summed E-state index contributed by atoms with van der Waals surface area (Å²) >= 11 is 0. The predicted octanol–water partition coefficient (Wildman–Crippen LogP) is 0.675. The van der Waals surface area contributed by atoms with Crippen LogP contribution in [0, 0.1) is 5.92 Å². The minimum absolute atomic E-state index is 0.0279. The van der Waals surface area contributed by atoms with Gasteiger partial charge in [-0.15, -0.1) is 0 Å².